The van der Waals surface area contributed by atoms with Crippen LogP contribution in [0, 0.1) is 5.92 Å². The number of likely N-dealkylation sites (N-methyl/N-ethyl adjacent to an activating group) is 1. The lowest BCUT2D eigenvalue weighted by Gasteiger charge is -2.20. The minimum atomic E-state index is 0.728. The molecule has 19 heavy (non-hydrogen) atoms. The van der Waals surface area contributed by atoms with Crippen molar-refractivity contribution in [3.8, 4) is 0 Å². The maximum atomic E-state index is 5.43. The van der Waals surface area contributed by atoms with Crippen molar-refractivity contribution < 1.29 is 4.74 Å². The van der Waals surface area contributed by atoms with Crippen LogP contribution in [0.5, 0.6) is 0 Å². The van der Waals surface area contributed by atoms with Gasteiger partial charge in [0.2, 0.25) is 0 Å². The summed E-state index contributed by atoms with van der Waals surface area (Å²) in [5.74, 6) is 0.728. The molecule has 0 bridgehead atoms. The zero-order valence-electron chi connectivity index (χ0n) is 11.6. The van der Waals surface area contributed by atoms with Gasteiger partial charge in [-0.05, 0) is 36.9 Å². The Morgan fingerprint density at radius 1 is 1.32 bits per heavy atom. The maximum absolute atomic E-state index is 5.43. The molecule has 1 aliphatic heterocycles. The minimum Gasteiger partial charge on any atom is -0.381 e. The molecule has 0 aliphatic carbocycles. The van der Waals surface area contributed by atoms with Crippen LogP contribution in [0.4, 0.5) is 0 Å². The lowest BCUT2D eigenvalue weighted by atomic mass is 10.1. The molecule has 3 nitrogen and oxygen atoms in total. The molecule has 1 aromatic carbocycles. The Bertz CT molecular complexity index is 528. The largest absolute Gasteiger partial charge is 0.381 e. The molecule has 0 unspecified atom stereocenters. The standard InChI is InChI=1S/C16H22N2O/c1-17(12-14-7-11-19-13-14)9-10-18-8-6-15-4-2-3-5-16(15)18/h2-6,8,14H,7,9-13H2,1H3/t14-/m1/s1. The van der Waals surface area contributed by atoms with Crippen LogP contribution in [0.2, 0.25) is 0 Å². The highest BCUT2D eigenvalue weighted by atomic mass is 16.5. The lowest BCUT2D eigenvalue weighted by molar-refractivity contribution is 0.173. The van der Waals surface area contributed by atoms with Crippen LogP contribution in [0.3, 0.4) is 0 Å². The van der Waals surface area contributed by atoms with Crippen molar-refractivity contribution in [3.05, 3.63) is 36.5 Å². The predicted octanol–water partition coefficient (Wildman–Crippen LogP) is 2.61. The van der Waals surface area contributed by atoms with Gasteiger partial charge in [-0.15, -0.1) is 0 Å². The Morgan fingerprint density at radius 3 is 3.05 bits per heavy atom. The van der Waals surface area contributed by atoms with Crippen LogP contribution in [0.25, 0.3) is 10.9 Å². The fraction of sp³-hybridized carbons (Fsp3) is 0.500. The first-order valence-corrected chi connectivity index (χ1v) is 7.13. The normalized spacial score (nSPS) is 19.6. The first-order valence-electron chi connectivity index (χ1n) is 7.13. The third-order valence-electron chi connectivity index (χ3n) is 4.00. The van der Waals surface area contributed by atoms with Crippen LogP contribution in [0.15, 0.2) is 36.5 Å². The Balaban J connectivity index is 1.56. The van der Waals surface area contributed by atoms with E-state index in [2.05, 4.69) is 53.0 Å². The summed E-state index contributed by atoms with van der Waals surface area (Å²) in [6.07, 6.45) is 3.41. The predicted molar refractivity (Wildman–Crippen MR) is 78.4 cm³/mol. The van der Waals surface area contributed by atoms with Gasteiger partial charge < -0.3 is 14.2 Å². The number of hydrogen-bond donors (Lipinski definition) is 0. The molecule has 1 fully saturated rings. The van der Waals surface area contributed by atoms with E-state index < -0.39 is 0 Å². The SMILES string of the molecule is CN(CCn1ccc2ccccc21)C[C@H]1CCOC1. The molecule has 0 spiro atoms. The van der Waals surface area contributed by atoms with Crippen molar-refractivity contribution in [3.63, 3.8) is 0 Å². The first kappa shape index (κ1) is 12.7. The van der Waals surface area contributed by atoms with Gasteiger partial charge in [0.05, 0.1) is 6.61 Å². The average molecular weight is 258 g/mol. The van der Waals surface area contributed by atoms with E-state index in [1.54, 1.807) is 0 Å². The average Bonchev–Trinajstić information content (AvgIpc) is 3.05. The number of rotatable bonds is 5. The van der Waals surface area contributed by atoms with E-state index in [-0.39, 0.29) is 0 Å². The number of aromatic nitrogens is 1. The van der Waals surface area contributed by atoms with Gasteiger partial charge in [0.1, 0.15) is 0 Å². The highest BCUT2D eigenvalue weighted by Crippen LogP contribution is 2.16. The molecule has 2 heterocycles. The summed E-state index contributed by atoms with van der Waals surface area (Å²) in [6, 6.07) is 10.8. The summed E-state index contributed by atoms with van der Waals surface area (Å²) in [6.45, 7) is 5.18. The quantitative estimate of drug-likeness (QED) is 0.820. The van der Waals surface area contributed by atoms with Gasteiger partial charge in [0, 0.05) is 38.0 Å². The lowest BCUT2D eigenvalue weighted by Crippen LogP contribution is -2.29. The van der Waals surface area contributed by atoms with Crippen molar-refractivity contribution in [2.24, 2.45) is 5.92 Å². The number of para-hydroxylation sites is 1. The molecule has 3 heteroatoms. The number of nitrogens with zero attached hydrogens (tertiary/aromatic N) is 2. The molecular formula is C16H22N2O. The fourth-order valence-electron chi connectivity index (χ4n) is 2.87. The van der Waals surface area contributed by atoms with Gasteiger partial charge >= 0.3 is 0 Å². The maximum Gasteiger partial charge on any atom is 0.0507 e. The summed E-state index contributed by atoms with van der Waals surface area (Å²) < 4.78 is 7.78. The zero-order chi connectivity index (χ0) is 13.1. The summed E-state index contributed by atoms with van der Waals surface area (Å²) in [5, 5.41) is 1.33. The number of fused-ring (bicyclic) bond motifs is 1. The summed E-state index contributed by atoms with van der Waals surface area (Å²) in [5.41, 5.74) is 1.33. The van der Waals surface area contributed by atoms with Crippen molar-refractivity contribution in [2.45, 2.75) is 13.0 Å². The third kappa shape index (κ3) is 2.99. The molecule has 0 N–H and O–H groups in total. The zero-order valence-corrected chi connectivity index (χ0v) is 11.6. The Hall–Kier alpha value is -1.32. The smallest absolute Gasteiger partial charge is 0.0507 e. The summed E-state index contributed by atoms with van der Waals surface area (Å²) >= 11 is 0. The Kier molecular flexibility index (Phi) is 3.85. The molecule has 1 atom stereocenters. The molecule has 0 saturated carbocycles. The second-order valence-electron chi connectivity index (χ2n) is 5.56. The van der Waals surface area contributed by atoms with E-state index >= 15 is 0 Å². The van der Waals surface area contributed by atoms with Crippen molar-refractivity contribution in [1.82, 2.24) is 9.47 Å². The molecule has 2 aromatic rings. The number of benzene rings is 1. The first-order chi connectivity index (χ1) is 9.33. The second-order valence-corrected chi connectivity index (χ2v) is 5.56. The van der Waals surface area contributed by atoms with Crippen molar-refractivity contribution in [2.75, 3.05) is 33.4 Å². The molecule has 1 saturated heterocycles. The fourth-order valence-corrected chi connectivity index (χ4v) is 2.87. The molecule has 3 rings (SSSR count). The second kappa shape index (κ2) is 5.76. The molecular weight excluding hydrogens is 236 g/mol. The van der Waals surface area contributed by atoms with Gasteiger partial charge in [-0.2, -0.15) is 0 Å². The van der Waals surface area contributed by atoms with Gasteiger partial charge in [-0.1, -0.05) is 18.2 Å². The Labute approximate surface area is 114 Å². The van der Waals surface area contributed by atoms with E-state index in [1.807, 2.05) is 0 Å². The van der Waals surface area contributed by atoms with Crippen LogP contribution < -0.4 is 0 Å². The third-order valence-corrected chi connectivity index (χ3v) is 4.00. The van der Waals surface area contributed by atoms with Crippen molar-refractivity contribution in [1.29, 1.82) is 0 Å². The van der Waals surface area contributed by atoms with Gasteiger partial charge in [0.25, 0.3) is 0 Å². The van der Waals surface area contributed by atoms with Gasteiger partial charge in [-0.25, -0.2) is 0 Å². The van der Waals surface area contributed by atoms with E-state index in [0.717, 1.165) is 38.8 Å². The number of hydrogen-bond acceptors (Lipinski definition) is 2. The molecule has 1 aliphatic rings. The number of ether oxygens (including phenoxy) is 1. The minimum absolute atomic E-state index is 0.728. The van der Waals surface area contributed by atoms with E-state index in [4.69, 9.17) is 4.74 Å². The molecule has 0 radical (unpaired) electrons. The molecule has 1 aromatic heterocycles. The molecule has 102 valence electrons. The van der Waals surface area contributed by atoms with Crippen LogP contribution in [-0.4, -0.2) is 42.8 Å². The van der Waals surface area contributed by atoms with E-state index in [0.29, 0.717) is 0 Å². The highest BCUT2D eigenvalue weighted by molar-refractivity contribution is 5.79. The Morgan fingerprint density at radius 2 is 2.21 bits per heavy atom. The summed E-state index contributed by atoms with van der Waals surface area (Å²) in [7, 11) is 2.21. The van der Waals surface area contributed by atoms with Gasteiger partial charge in [0.15, 0.2) is 0 Å². The highest BCUT2D eigenvalue weighted by Gasteiger charge is 2.17. The van der Waals surface area contributed by atoms with Crippen molar-refractivity contribution >= 4 is 10.9 Å². The van der Waals surface area contributed by atoms with E-state index in [9.17, 15) is 0 Å². The van der Waals surface area contributed by atoms with Crippen LogP contribution in [0.1, 0.15) is 6.42 Å². The summed E-state index contributed by atoms with van der Waals surface area (Å²) in [4.78, 5) is 2.42. The topological polar surface area (TPSA) is 17.4 Å². The van der Waals surface area contributed by atoms with Gasteiger partial charge in [-0.3, -0.25) is 0 Å². The molecule has 0 amide bonds. The van der Waals surface area contributed by atoms with Crippen LogP contribution >= 0.6 is 0 Å². The van der Waals surface area contributed by atoms with E-state index in [1.165, 1.54) is 17.3 Å². The monoisotopic (exact) mass is 258 g/mol. The van der Waals surface area contributed by atoms with Crippen LogP contribution in [-0.2, 0) is 11.3 Å².